The molecule has 0 aliphatic carbocycles. The van der Waals surface area contributed by atoms with Gasteiger partial charge < -0.3 is 10.0 Å². The molecule has 0 aromatic carbocycles. The number of carbonyl (C=O) groups is 1. The zero-order valence-corrected chi connectivity index (χ0v) is 7.13. The summed E-state index contributed by atoms with van der Waals surface area (Å²) in [7, 11) is 0. The van der Waals surface area contributed by atoms with Crippen LogP contribution in [0.1, 0.15) is 0 Å². The minimum Gasteiger partial charge on any atom is -0.478 e. The highest BCUT2D eigenvalue weighted by Gasteiger charge is 1.91. The summed E-state index contributed by atoms with van der Waals surface area (Å²) < 4.78 is 0. The molecule has 0 unspecified atom stereocenters. The summed E-state index contributed by atoms with van der Waals surface area (Å²) in [4.78, 5) is 12.0. The molecule has 3 heteroatoms. The van der Waals surface area contributed by atoms with E-state index in [0.717, 1.165) is 6.08 Å². The molecule has 0 radical (unpaired) electrons. The second-order valence-electron chi connectivity index (χ2n) is 2.51. The van der Waals surface area contributed by atoms with Gasteiger partial charge in [-0.05, 0) is 12.2 Å². The summed E-state index contributed by atoms with van der Waals surface area (Å²) in [6.45, 7) is 0.570. The highest BCUT2D eigenvalue weighted by Crippen LogP contribution is 1.97. The second-order valence-corrected chi connectivity index (χ2v) is 2.51. The van der Waals surface area contributed by atoms with Crippen molar-refractivity contribution in [2.45, 2.75) is 0 Å². The first-order valence-electron chi connectivity index (χ1n) is 3.96. The average molecular weight is 177 g/mol. The minimum absolute atomic E-state index is 0.570. The lowest BCUT2D eigenvalue weighted by Crippen LogP contribution is -2.08. The molecule has 0 aromatic heterocycles. The smallest absolute Gasteiger partial charge is 0.328 e. The molecule has 1 aliphatic rings. The minimum atomic E-state index is -0.916. The van der Waals surface area contributed by atoms with Crippen molar-refractivity contribution in [2.24, 2.45) is 0 Å². The van der Waals surface area contributed by atoms with Gasteiger partial charge in [0.25, 0.3) is 0 Å². The molecule has 0 saturated carbocycles. The summed E-state index contributed by atoms with van der Waals surface area (Å²) in [6, 6.07) is 0. The van der Waals surface area contributed by atoms with Crippen LogP contribution in [-0.4, -0.2) is 22.5 Å². The van der Waals surface area contributed by atoms with E-state index in [0.29, 0.717) is 6.54 Å². The van der Waals surface area contributed by atoms with Crippen LogP contribution in [0.3, 0.4) is 0 Å². The summed E-state index contributed by atoms with van der Waals surface area (Å²) in [6.07, 6.45) is 14.1. The maximum Gasteiger partial charge on any atom is 0.328 e. The van der Waals surface area contributed by atoms with Gasteiger partial charge in [0, 0.05) is 25.0 Å². The van der Waals surface area contributed by atoms with Gasteiger partial charge in [0.05, 0.1) is 0 Å². The molecule has 0 atom stereocenters. The number of hydrogen-bond donors (Lipinski definition) is 1. The van der Waals surface area contributed by atoms with E-state index >= 15 is 0 Å². The molecular weight excluding hydrogens is 166 g/mol. The van der Waals surface area contributed by atoms with Crippen LogP contribution in [0.25, 0.3) is 0 Å². The second kappa shape index (κ2) is 4.98. The van der Waals surface area contributed by atoms with Crippen LogP contribution in [0, 0.1) is 0 Å². The molecule has 0 aromatic rings. The van der Waals surface area contributed by atoms with Gasteiger partial charge in [-0.25, -0.2) is 4.79 Å². The maximum atomic E-state index is 10.2. The standard InChI is InChI=1S/C10H11NO2/c12-10(13)6-5-9-11-7-3-1-2-4-8-11/h1-8H,9H2,(H,12,13)/b6-5+. The molecule has 0 amide bonds. The van der Waals surface area contributed by atoms with Crippen LogP contribution in [0.5, 0.6) is 0 Å². The largest absolute Gasteiger partial charge is 0.478 e. The Labute approximate surface area is 77.0 Å². The van der Waals surface area contributed by atoms with Gasteiger partial charge in [0.2, 0.25) is 0 Å². The Kier molecular flexibility index (Phi) is 3.57. The molecule has 0 spiro atoms. The zero-order chi connectivity index (χ0) is 9.52. The van der Waals surface area contributed by atoms with Gasteiger partial charge in [0.15, 0.2) is 0 Å². The third kappa shape index (κ3) is 3.96. The Hall–Kier alpha value is -1.77. The fourth-order valence-corrected chi connectivity index (χ4v) is 0.895. The van der Waals surface area contributed by atoms with Crippen molar-refractivity contribution < 1.29 is 9.90 Å². The monoisotopic (exact) mass is 177 g/mol. The number of carboxylic acid groups (broad SMARTS) is 1. The number of aliphatic carboxylic acids is 1. The predicted octanol–water partition coefficient (Wildman–Crippen LogP) is 1.53. The number of hydrogen-bond acceptors (Lipinski definition) is 2. The molecule has 0 bridgehead atoms. The Morgan fingerprint density at radius 1 is 1.23 bits per heavy atom. The van der Waals surface area contributed by atoms with E-state index in [1.54, 1.807) is 6.08 Å². The summed E-state index contributed by atoms with van der Waals surface area (Å²) in [5.74, 6) is -0.916. The molecule has 3 nitrogen and oxygen atoms in total. The molecule has 1 heterocycles. The topological polar surface area (TPSA) is 40.5 Å². The predicted molar refractivity (Wildman–Crippen MR) is 50.9 cm³/mol. The molecule has 0 fully saturated rings. The summed E-state index contributed by atoms with van der Waals surface area (Å²) in [5, 5.41) is 8.34. The van der Waals surface area contributed by atoms with Crippen molar-refractivity contribution in [1.29, 1.82) is 0 Å². The Morgan fingerprint density at radius 2 is 1.85 bits per heavy atom. The third-order valence-corrected chi connectivity index (χ3v) is 1.47. The number of nitrogens with zero attached hydrogens (tertiary/aromatic N) is 1. The Morgan fingerprint density at radius 3 is 2.38 bits per heavy atom. The van der Waals surface area contributed by atoms with E-state index < -0.39 is 5.97 Å². The average Bonchev–Trinajstić information content (AvgIpc) is 2.32. The van der Waals surface area contributed by atoms with Crippen LogP contribution in [0.2, 0.25) is 0 Å². The van der Waals surface area contributed by atoms with E-state index in [2.05, 4.69) is 0 Å². The first-order valence-corrected chi connectivity index (χ1v) is 3.96. The lowest BCUT2D eigenvalue weighted by atomic mass is 10.4. The van der Waals surface area contributed by atoms with E-state index in [-0.39, 0.29) is 0 Å². The van der Waals surface area contributed by atoms with Crippen LogP contribution in [0.15, 0.2) is 48.9 Å². The molecule has 13 heavy (non-hydrogen) atoms. The number of rotatable bonds is 3. The highest BCUT2D eigenvalue weighted by atomic mass is 16.4. The fourth-order valence-electron chi connectivity index (χ4n) is 0.895. The molecule has 1 aliphatic heterocycles. The number of allylic oxidation sites excluding steroid dienone is 4. The van der Waals surface area contributed by atoms with Crippen molar-refractivity contribution in [3.63, 3.8) is 0 Å². The van der Waals surface area contributed by atoms with E-state index in [9.17, 15) is 4.79 Å². The number of carboxylic acids is 1. The van der Waals surface area contributed by atoms with Crippen LogP contribution < -0.4 is 0 Å². The quantitative estimate of drug-likeness (QED) is 0.664. The van der Waals surface area contributed by atoms with Gasteiger partial charge in [-0.2, -0.15) is 0 Å². The van der Waals surface area contributed by atoms with Crippen molar-refractivity contribution in [3.8, 4) is 0 Å². The fraction of sp³-hybridized carbons (Fsp3) is 0.100. The Balaban J connectivity index is 2.41. The third-order valence-electron chi connectivity index (χ3n) is 1.47. The lowest BCUT2D eigenvalue weighted by Gasteiger charge is -2.10. The normalized spacial score (nSPS) is 15.2. The van der Waals surface area contributed by atoms with Crippen LogP contribution >= 0.6 is 0 Å². The first kappa shape index (κ1) is 9.32. The maximum absolute atomic E-state index is 10.2. The summed E-state index contributed by atoms with van der Waals surface area (Å²) >= 11 is 0. The van der Waals surface area contributed by atoms with Crippen molar-refractivity contribution in [3.05, 3.63) is 48.9 Å². The Bertz CT molecular complexity index is 271. The summed E-state index contributed by atoms with van der Waals surface area (Å²) in [5.41, 5.74) is 0. The van der Waals surface area contributed by atoms with Crippen LogP contribution in [0.4, 0.5) is 0 Å². The van der Waals surface area contributed by atoms with E-state index in [1.165, 1.54) is 0 Å². The van der Waals surface area contributed by atoms with E-state index in [1.807, 2.05) is 41.6 Å². The molecule has 0 saturated heterocycles. The van der Waals surface area contributed by atoms with Crippen molar-refractivity contribution >= 4 is 5.97 Å². The van der Waals surface area contributed by atoms with Gasteiger partial charge >= 0.3 is 5.97 Å². The van der Waals surface area contributed by atoms with Crippen molar-refractivity contribution in [1.82, 2.24) is 4.90 Å². The van der Waals surface area contributed by atoms with E-state index in [4.69, 9.17) is 5.11 Å². The van der Waals surface area contributed by atoms with Gasteiger partial charge in [-0.1, -0.05) is 18.2 Å². The first-order chi connectivity index (χ1) is 6.29. The molecule has 1 rings (SSSR count). The van der Waals surface area contributed by atoms with Gasteiger partial charge in [-0.3, -0.25) is 0 Å². The van der Waals surface area contributed by atoms with Crippen molar-refractivity contribution in [2.75, 3.05) is 6.54 Å². The lowest BCUT2D eigenvalue weighted by molar-refractivity contribution is -0.131. The zero-order valence-electron chi connectivity index (χ0n) is 7.13. The molecular formula is C10H11NO2. The molecule has 1 N–H and O–H groups in total. The SMILES string of the molecule is O=C(O)/C=C/CN1C=CC=CC=C1. The van der Waals surface area contributed by atoms with Gasteiger partial charge in [0.1, 0.15) is 0 Å². The van der Waals surface area contributed by atoms with Gasteiger partial charge in [-0.15, -0.1) is 0 Å². The van der Waals surface area contributed by atoms with Crippen LogP contribution in [-0.2, 0) is 4.79 Å². The molecule has 68 valence electrons. The highest BCUT2D eigenvalue weighted by molar-refractivity contribution is 5.79.